The van der Waals surface area contributed by atoms with Crippen molar-refractivity contribution < 1.29 is 14.3 Å². The zero-order chi connectivity index (χ0) is 11.6. The average Bonchev–Trinajstić information content (AvgIpc) is 2.26. The molecule has 1 saturated carbocycles. The molecule has 4 nitrogen and oxygen atoms in total. The van der Waals surface area contributed by atoms with Crippen LogP contribution >= 0.6 is 0 Å². The van der Waals surface area contributed by atoms with Gasteiger partial charge in [-0.2, -0.15) is 0 Å². The van der Waals surface area contributed by atoms with Gasteiger partial charge in [0.05, 0.1) is 18.2 Å². The van der Waals surface area contributed by atoms with Crippen LogP contribution in [0, 0.1) is 5.92 Å². The Balaban J connectivity index is 1.91. The molecule has 1 aliphatic carbocycles. The Kier molecular flexibility index (Phi) is 3.62. The van der Waals surface area contributed by atoms with Crippen molar-refractivity contribution in [3.63, 3.8) is 0 Å². The quantitative estimate of drug-likeness (QED) is 0.774. The minimum absolute atomic E-state index is 0.0192. The molecule has 2 atom stereocenters. The third kappa shape index (κ3) is 2.29. The van der Waals surface area contributed by atoms with Crippen LogP contribution in [-0.2, 0) is 14.3 Å². The lowest BCUT2D eigenvalue weighted by Gasteiger charge is -2.47. The Labute approximate surface area is 96.5 Å². The van der Waals surface area contributed by atoms with Gasteiger partial charge in [0.25, 0.3) is 0 Å². The Morgan fingerprint density at radius 1 is 1.62 bits per heavy atom. The van der Waals surface area contributed by atoms with E-state index in [4.69, 9.17) is 15.2 Å². The van der Waals surface area contributed by atoms with E-state index < -0.39 is 6.04 Å². The van der Waals surface area contributed by atoms with Crippen molar-refractivity contribution in [1.29, 1.82) is 0 Å². The highest BCUT2D eigenvalue weighted by atomic mass is 16.5. The van der Waals surface area contributed by atoms with Crippen molar-refractivity contribution in [3.8, 4) is 0 Å². The van der Waals surface area contributed by atoms with Gasteiger partial charge in [0.15, 0.2) is 5.78 Å². The Hall–Kier alpha value is -0.450. The Morgan fingerprint density at radius 3 is 2.94 bits per heavy atom. The summed E-state index contributed by atoms with van der Waals surface area (Å²) in [5.74, 6) is 0.232. The van der Waals surface area contributed by atoms with Crippen molar-refractivity contribution in [2.24, 2.45) is 11.7 Å². The van der Waals surface area contributed by atoms with Crippen molar-refractivity contribution >= 4 is 5.78 Å². The molecule has 4 heteroatoms. The largest absolute Gasteiger partial charge is 0.383 e. The lowest BCUT2D eigenvalue weighted by molar-refractivity contribution is -0.156. The summed E-state index contributed by atoms with van der Waals surface area (Å²) in [5.41, 5.74) is 5.81. The van der Waals surface area contributed by atoms with Crippen LogP contribution in [0.1, 0.15) is 32.1 Å². The molecule has 0 amide bonds. The monoisotopic (exact) mass is 227 g/mol. The molecule has 0 aromatic carbocycles. The van der Waals surface area contributed by atoms with Gasteiger partial charge in [0, 0.05) is 19.6 Å². The molecule has 2 aliphatic rings. The van der Waals surface area contributed by atoms with Gasteiger partial charge in [-0.1, -0.05) is 0 Å². The van der Waals surface area contributed by atoms with Gasteiger partial charge in [0.1, 0.15) is 0 Å². The Morgan fingerprint density at radius 2 is 2.38 bits per heavy atom. The molecule has 1 aliphatic heterocycles. The van der Waals surface area contributed by atoms with Crippen LogP contribution in [0.4, 0.5) is 0 Å². The van der Waals surface area contributed by atoms with E-state index in [1.165, 1.54) is 6.42 Å². The lowest BCUT2D eigenvalue weighted by Crippen LogP contribution is -2.50. The van der Waals surface area contributed by atoms with Gasteiger partial charge in [-0.05, 0) is 32.1 Å². The number of rotatable bonds is 4. The summed E-state index contributed by atoms with van der Waals surface area (Å²) in [6, 6.07) is -0.467. The van der Waals surface area contributed by atoms with Crippen LogP contribution in [0.25, 0.3) is 0 Å². The molecule has 2 unspecified atom stereocenters. The first-order chi connectivity index (χ1) is 7.67. The van der Waals surface area contributed by atoms with Gasteiger partial charge in [-0.15, -0.1) is 0 Å². The van der Waals surface area contributed by atoms with Crippen molar-refractivity contribution in [2.75, 3.05) is 20.3 Å². The zero-order valence-electron chi connectivity index (χ0n) is 9.91. The van der Waals surface area contributed by atoms with E-state index in [2.05, 4.69) is 0 Å². The standard InChI is InChI=1S/C12H21NO3/c1-15-8-10(13)11(14)9-3-6-16-12(7-9)4-2-5-12/h9-10H,2-8,13H2,1H3. The molecule has 16 heavy (non-hydrogen) atoms. The molecule has 0 radical (unpaired) electrons. The van der Waals surface area contributed by atoms with Crippen LogP contribution in [0.3, 0.4) is 0 Å². The number of hydrogen-bond donors (Lipinski definition) is 1. The summed E-state index contributed by atoms with van der Waals surface area (Å²) in [7, 11) is 1.57. The Bertz CT molecular complexity index is 263. The number of carbonyl (C=O) groups is 1. The summed E-state index contributed by atoms with van der Waals surface area (Å²) in [4.78, 5) is 12.1. The van der Waals surface area contributed by atoms with E-state index >= 15 is 0 Å². The minimum Gasteiger partial charge on any atom is -0.383 e. The fourth-order valence-electron chi connectivity index (χ4n) is 2.75. The summed E-state index contributed by atoms with van der Waals surface area (Å²) in [5, 5.41) is 0. The van der Waals surface area contributed by atoms with Crippen molar-refractivity contribution in [2.45, 2.75) is 43.7 Å². The highest BCUT2D eigenvalue weighted by Crippen LogP contribution is 2.44. The van der Waals surface area contributed by atoms with E-state index in [0.717, 1.165) is 25.7 Å². The van der Waals surface area contributed by atoms with E-state index in [1.807, 2.05) is 0 Å². The first-order valence-corrected chi connectivity index (χ1v) is 6.09. The number of carbonyl (C=O) groups excluding carboxylic acids is 1. The third-order valence-electron chi connectivity index (χ3n) is 3.87. The van der Waals surface area contributed by atoms with E-state index in [9.17, 15) is 4.79 Å². The number of ketones is 1. The SMILES string of the molecule is COCC(N)C(=O)C1CCOC2(CCC2)C1. The molecular formula is C12H21NO3. The summed E-state index contributed by atoms with van der Waals surface area (Å²) in [6.07, 6.45) is 5.12. The molecule has 1 saturated heterocycles. The predicted molar refractivity (Wildman–Crippen MR) is 60.1 cm³/mol. The van der Waals surface area contributed by atoms with Gasteiger partial charge in [0.2, 0.25) is 0 Å². The predicted octanol–water partition coefficient (Wildman–Crippen LogP) is 0.878. The molecular weight excluding hydrogens is 206 g/mol. The molecule has 2 N–H and O–H groups in total. The minimum atomic E-state index is -0.467. The second-order valence-electron chi connectivity index (χ2n) is 5.04. The topological polar surface area (TPSA) is 61.5 Å². The fourth-order valence-corrected chi connectivity index (χ4v) is 2.75. The number of Topliss-reactive ketones (excluding diaryl/α,β-unsaturated/α-hetero) is 1. The van der Waals surface area contributed by atoms with Crippen LogP contribution in [0.2, 0.25) is 0 Å². The number of nitrogens with two attached hydrogens (primary N) is 1. The number of methoxy groups -OCH3 is 1. The summed E-state index contributed by atoms with van der Waals surface area (Å²) in [6.45, 7) is 1.03. The molecule has 1 spiro atoms. The number of ether oxygens (including phenoxy) is 2. The second-order valence-corrected chi connectivity index (χ2v) is 5.04. The second kappa shape index (κ2) is 4.82. The van der Waals surface area contributed by atoms with Gasteiger partial charge >= 0.3 is 0 Å². The van der Waals surface area contributed by atoms with Crippen LogP contribution < -0.4 is 5.73 Å². The van der Waals surface area contributed by atoms with Crippen molar-refractivity contribution in [3.05, 3.63) is 0 Å². The molecule has 0 aromatic heterocycles. The molecule has 92 valence electrons. The lowest BCUT2D eigenvalue weighted by atomic mass is 9.70. The highest BCUT2D eigenvalue weighted by Gasteiger charge is 2.44. The van der Waals surface area contributed by atoms with Crippen LogP contribution in [-0.4, -0.2) is 37.7 Å². The molecule has 2 rings (SSSR count). The fraction of sp³-hybridized carbons (Fsp3) is 0.917. The highest BCUT2D eigenvalue weighted by molar-refractivity contribution is 5.86. The molecule has 2 fully saturated rings. The maximum Gasteiger partial charge on any atom is 0.155 e. The summed E-state index contributed by atoms with van der Waals surface area (Å²) < 4.78 is 10.7. The van der Waals surface area contributed by atoms with Crippen LogP contribution in [0.15, 0.2) is 0 Å². The molecule has 1 heterocycles. The van der Waals surface area contributed by atoms with Gasteiger partial charge in [-0.3, -0.25) is 4.79 Å². The molecule has 0 bridgehead atoms. The van der Waals surface area contributed by atoms with E-state index in [-0.39, 0.29) is 17.3 Å². The zero-order valence-corrected chi connectivity index (χ0v) is 9.91. The van der Waals surface area contributed by atoms with Gasteiger partial charge in [-0.25, -0.2) is 0 Å². The number of hydrogen-bond acceptors (Lipinski definition) is 4. The summed E-state index contributed by atoms with van der Waals surface area (Å²) >= 11 is 0. The smallest absolute Gasteiger partial charge is 0.155 e. The first kappa shape index (κ1) is 12.0. The van der Waals surface area contributed by atoms with E-state index in [0.29, 0.717) is 13.2 Å². The van der Waals surface area contributed by atoms with Crippen molar-refractivity contribution in [1.82, 2.24) is 0 Å². The molecule has 0 aromatic rings. The normalized spacial score (nSPS) is 29.8. The third-order valence-corrected chi connectivity index (χ3v) is 3.87. The maximum absolute atomic E-state index is 12.1. The van der Waals surface area contributed by atoms with E-state index in [1.54, 1.807) is 7.11 Å². The van der Waals surface area contributed by atoms with Gasteiger partial charge < -0.3 is 15.2 Å². The average molecular weight is 227 g/mol. The maximum atomic E-state index is 12.1. The van der Waals surface area contributed by atoms with Crippen LogP contribution in [0.5, 0.6) is 0 Å². The first-order valence-electron chi connectivity index (χ1n) is 6.09.